The van der Waals surface area contributed by atoms with Crippen LogP contribution in [0.5, 0.6) is 0 Å². The predicted molar refractivity (Wildman–Crippen MR) is 93.2 cm³/mol. The third-order valence-corrected chi connectivity index (χ3v) is 4.70. The van der Waals surface area contributed by atoms with Crippen LogP contribution < -0.4 is 0 Å². The summed E-state index contributed by atoms with van der Waals surface area (Å²) in [6.07, 6.45) is 0.593. The molecule has 3 rings (SSSR count). The first-order valence-corrected chi connectivity index (χ1v) is 8.72. The topological polar surface area (TPSA) is 47.3 Å². The van der Waals surface area contributed by atoms with Crippen LogP contribution in [0.1, 0.15) is 31.4 Å². The van der Waals surface area contributed by atoms with Gasteiger partial charge in [-0.3, -0.25) is 9.59 Å². The summed E-state index contributed by atoms with van der Waals surface area (Å²) in [4.78, 5) is 25.1. The fraction of sp³-hybridized carbons (Fsp3) is 0.111. The number of rotatable bonds is 6. The van der Waals surface area contributed by atoms with Gasteiger partial charge < -0.3 is 4.42 Å². The summed E-state index contributed by atoms with van der Waals surface area (Å²) in [6, 6.07) is 14.6. The molecule has 0 amide bonds. The van der Waals surface area contributed by atoms with Crippen molar-refractivity contribution >= 4 is 38.8 Å². The first kappa shape index (κ1) is 15.9. The van der Waals surface area contributed by atoms with E-state index in [1.807, 2.05) is 41.8 Å². The van der Waals surface area contributed by atoms with Crippen molar-refractivity contribution in [2.45, 2.75) is 12.8 Å². The van der Waals surface area contributed by atoms with E-state index >= 15 is 0 Å². The van der Waals surface area contributed by atoms with Gasteiger partial charge in [-0.15, -0.1) is 11.3 Å². The Labute approximate surface area is 146 Å². The van der Waals surface area contributed by atoms with Crippen molar-refractivity contribution in [1.29, 1.82) is 0 Å². The van der Waals surface area contributed by atoms with E-state index in [0.717, 1.165) is 16.0 Å². The van der Waals surface area contributed by atoms with E-state index in [2.05, 4.69) is 15.9 Å². The van der Waals surface area contributed by atoms with Crippen molar-refractivity contribution in [3.05, 3.63) is 80.3 Å². The molecule has 0 bridgehead atoms. The first-order valence-electron chi connectivity index (χ1n) is 7.05. The molecule has 0 aliphatic carbocycles. The van der Waals surface area contributed by atoms with E-state index < -0.39 is 0 Å². The number of carbonyl (C=O) groups excluding carboxylic acids is 2. The van der Waals surface area contributed by atoms with E-state index in [0.29, 0.717) is 16.9 Å². The van der Waals surface area contributed by atoms with E-state index in [4.69, 9.17) is 4.42 Å². The van der Waals surface area contributed by atoms with Crippen LogP contribution in [0.3, 0.4) is 0 Å². The molecule has 2 heterocycles. The molecule has 1 aromatic carbocycles. The van der Waals surface area contributed by atoms with E-state index in [9.17, 15) is 9.59 Å². The van der Waals surface area contributed by atoms with Gasteiger partial charge in [0.2, 0.25) is 5.78 Å². The predicted octanol–water partition coefficient (Wildman–Crippen LogP) is 4.95. The quantitative estimate of drug-likeness (QED) is 0.560. The molecular formula is C18H13BrO3S. The minimum absolute atomic E-state index is 0.0857. The molecule has 0 aliphatic rings. The fourth-order valence-electron chi connectivity index (χ4n) is 2.30. The average Bonchev–Trinajstić information content (AvgIpc) is 3.18. The second-order valence-electron chi connectivity index (χ2n) is 5.10. The molecule has 0 atom stereocenters. The molecule has 0 unspecified atom stereocenters. The van der Waals surface area contributed by atoms with Gasteiger partial charge in [0.05, 0.1) is 4.88 Å². The second-order valence-corrected chi connectivity index (χ2v) is 6.83. The Hall–Kier alpha value is -1.98. The number of furan rings is 1. The summed E-state index contributed by atoms with van der Waals surface area (Å²) < 4.78 is 5.81. The molecule has 0 saturated heterocycles. The lowest BCUT2D eigenvalue weighted by Crippen LogP contribution is -2.04. The summed E-state index contributed by atoms with van der Waals surface area (Å²) in [7, 11) is 0. The Balaban J connectivity index is 1.70. The summed E-state index contributed by atoms with van der Waals surface area (Å²) >= 11 is 4.63. The van der Waals surface area contributed by atoms with Gasteiger partial charge in [0, 0.05) is 12.8 Å². The Morgan fingerprint density at radius 2 is 1.70 bits per heavy atom. The molecule has 5 heteroatoms. The second kappa shape index (κ2) is 7.06. The number of carbonyl (C=O) groups is 2. The summed E-state index contributed by atoms with van der Waals surface area (Å²) in [5.41, 5.74) is 1.79. The maximum Gasteiger partial charge on any atom is 0.202 e. The number of Topliss-reactive ketones (excluding diaryl/α,β-unsaturated/α-hetero) is 2. The number of benzene rings is 1. The Morgan fingerprint density at radius 3 is 2.30 bits per heavy atom. The van der Waals surface area contributed by atoms with Crippen LogP contribution in [0, 0.1) is 0 Å². The third-order valence-electron chi connectivity index (χ3n) is 3.36. The summed E-state index contributed by atoms with van der Waals surface area (Å²) in [5, 5.41) is 1.89. The van der Waals surface area contributed by atoms with E-state index in [1.54, 1.807) is 12.1 Å². The zero-order valence-corrected chi connectivity index (χ0v) is 14.5. The minimum atomic E-state index is -0.0857. The van der Waals surface area contributed by atoms with Gasteiger partial charge in [0.15, 0.2) is 16.2 Å². The highest BCUT2D eigenvalue weighted by atomic mass is 79.9. The van der Waals surface area contributed by atoms with Crippen LogP contribution in [0.2, 0.25) is 0 Å². The van der Waals surface area contributed by atoms with Gasteiger partial charge in [0.1, 0.15) is 0 Å². The van der Waals surface area contributed by atoms with Crippen molar-refractivity contribution in [2.24, 2.45) is 0 Å². The molecule has 3 aromatic rings. The highest BCUT2D eigenvalue weighted by Crippen LogP contribution is 2.18. The van der Waals surface area contributed by atoms with Crippen molar-refractivity contribution in [3.8, 4) is 0 Å². The summed E-state index contributed by atoms with van der Waals surface area (Å²) in [6.45, 7) is 0. The van der Waals surface area contributed by atoms with Crippen LogP contribution in [-0.2, 0) is 12.8 Å². The molecule has 0 N–H and O–H groups in total. The van der Waals surface area contributed by atoms with Crippen LogP contribution in [0.4, 0.5) is 0 Å². The van der Waals surface area contributed by atoms with Crippen molar-refractivity contribution in [3.63, 3.8) is 0 Å². The molecule has 0 spiro atoms. The number of thiophene rings is 1. The lowest BCUT2D eigenvalue weighted by Gasteiger charge is -2.04. The van der Waals surface area contributed by atoms with Gasteiger partial charge >= 0.3 is 0 Å². The van der Waals surface area contributed by atoms with Gasteiger partial charge in [-0.1, -0.05) is 30.3 Å². The highest BCUT2D eigenvalue weighted by molar-refractivity contribution is 9.10. The number of ketones is 2. The SMILES string of the molecule is O=C(Cc1cccc(CC(=O)c2cccs2)c1)c1ccc(Br)o1. The zero-order chi connectivity index (χ0) is 16.2. The Bertz CT molecular complexity index is 834. The maximum absolute atomic E-state index is 12.2. The standard InChI is InChI=1S/C18H13BrO3S/c19-18-7-6-16(22-18)14(20)10-12-3-1-4-13(9-12)11-15(21)17-5-2-8-23-17/h1-9H,10-11H2. The largest absolute Gasteiger partial charge is 0.446 e. The van der Waals surface area contributed by atoms with Crippen LogP contribution in [0.25, 0.3) is 0 Å². The Morgan fingerprint density at radius 1 is 0.957 bits per heavy atom. The van der Waals surface area contributed by atoms with Gasteiger partial charge in [-0.05, 0) is 50.6 Å². The molecule has 116 valence electrons. The maximum atomic E-state index is 12.2. The molecule has 3 nitrogen and oxygen atoms in total. The highest BCUT2D eigenvalue weighted by Gasteiger charge is 2.13. The lowest BCUT2D eigenvalue weighted by atomic mass is 10.0. The van der Waals surface area contributed by atoms with Gasteiger partial charge in [0.25, 0.3) is 0 Å². The zero-order valence-electron chi connectivity index (χ0n) is 12.1. The summed E-state index contributed by atoms with van der Waals surface area (Å²) in [5.74, 6) is 0.341. The molecular weight excluding hydrogens is 376 g/mol. The lowest BCUT2D eigenvalue weighted by molar-refractivity contribution is 0.0964. The van der Waals surface area contributed by atoms with Crippen LogP contribution in [-0.4, -0.2) is 11.6 Å². The average molecular weight is 389 g/mol. The Kier molecular flexibility index (Phi) is 4.88. The molecule has 0 aliphatic heterocycles. The monoisotopic (exact) mass is 388 g/mol. The minimum Gasteiger partial charge on any atom is -0.446 e. The van der Waals surface area contributed by atoms with Crippen LogP contribution >= 0.6 is 27.3 Å². The van der Waals surface area contributed by atoms with E-state index in [-0.39, 0.29) is 18.0 Å². The molecule has 23 heavy (non-hydrogen) atoms. The first-order chi connectivity index (χ1) is 11.1. The fourth-order valence-corrected chi connectivity index (χ4v) is 3.27. The molecule has 0 saturated carbocycles. The van der Waals surface area contributed by atoms with Crippen molar-refractivity contribution in [1.82, 2.24) is 0 Å². The number of hydrogen-bond acceptors (Lipinski definition) is 4. The van der Waals surface area contributed by atoms with Crippen molar-refractivity contribution < 1.29 is 14.0 Å². The number of halogens is 1. The van der Waals surface area contributed by atoms with Gasteiger partial charge in [-0.25, -0.2) is 0 Å². The number of hydrogen-bond donors (Lipinski definition) is 0. The molecule has 0 fully saturated rings. The molecule has 0 radical (unpaired) electrons. The molecule has 2 aromatic heterocycles. The van der Waals surface area contributed by atoms with Crippen LogP contribution in [0.15, 0.2) is 63.0 Å². The third kappa shape index (κ3) is 4.06. The van der Waals surface area contributed by atoms with Crippen molar-refractivity contribution in [2.75, 3.05) is 0 Å². The van der Waals surface area contributed by atoms with E-state index in [1.165, 1.54) is 11.3 Å². The smallest absolute Gasteiger partial charge is 0.202 e. The normalized spacial score (nSPS) is 10.7. The van der Waals surface area contributed by atoms with Gasteiger partial charge in [-0.2, -0.15) is 0 Å².